The van der Waals surface area contributed by atoms with Gasteiger partial charge in [0.15, 0.2) is 5.13 Å². The lowest BCUT2D eigenvalue weighted by Gasteiger charge is -2.33. The van der Waals surface area contributed by atoms with Gasteiger partial charge in [-0.25, -0.2) is 4.98 Å². The maximum absolute atomic E-state index is 12.6. The van der Waals surface area contributed by atoms with E-state index in [2.05, 4.69) is 17.2 Å². The summed E-state index contributed by atoms with van der Waals surface area (Å²) in [6.07, 6.45) is 2.62. The van der Waals surface area contributed by atoms with Crippen LogP contribution in [-0.4, -0.2) is 45.8 Å². The first-order valence-electron chi connectivity index (χ1n) is 8.18. The van der Waals surface area contributed by atoms with Crippen LogP contribution in [0, 0.1) is 18.8 Å². The third kappa shape index (κ3) is 3.88. The molecule has 2 aliphatic rings. The minimum absolute atomic E-state index is 0.0167. The first-order chi connectivity index (χ1) is 11.0. The van der Waals surface area contributed by atoms with E-state index in [1.54, 1.807) is 11.8 Å². The molecule has 2 amide bonds. The van der Waals surface area contributed by atoms with E-state index in [0.29, 0.717) is 24.1 Å². The molecule has 1 aromatic rings. The largest absolute Gasteiger partial charge is 0.342 e. The monoisotopic (exact) mass is 353 g/mol. The van der Waals surface area contributed by atoms with Crippen molar-refractivity contribution in [3.63, 3.8) is 0 Å². The number of aryl methyl sites for hydroxylation is 1. The Morgan fingerprint density at radius 2 is 2.04 bits per heavy atom. The molecule has 23 heavy (non-hydrogen) atoms. The van der Waals surface area contributed by atoms with Gasteiger partial charge in [-0.05, 0) is 37.9 Å². The molecule has 0 aromatic carbocycles. The van der Waals surface area contributed by atoms with Gasteiger partial charge in [-0.2, -0.15) is 0 Å². The topological polar surface area (TPSA) is 62.3 Å². The third-order valence-electron chi connectivity index (χ3n) is 4.66. The van der Waals surface area contributed by atoms with Crippen molar-refractivity contribution in [2.45, 2.75) is 38.4 Å². The molecule has 2 atom stereocenters. The minimum Gasteiger partial charge on any atom is -0.342 e. The number of amides is 2. The molecule has 7 heteroatoms. The van der Waals surface area contributed by atoms with Gasteiger partial charge < -0.3 is 10.2 Å². The van der Waals surface area contributed by atoms with Crippen molar-refractivity contribution < 1.29 is 9.59 Å². The Hall–Kier alpha value is -1.08. The number of carbonyl (C=O) groups is 2. The molecule has 126 valence electrons. The summed E-state index contributed by atoms with van der Waals surface area (Å²) in [7, 11) is 0. The Morgan fingerprint density at radius 3 is 2.61 bits per heavy atom. The van der Waals surface area contributed by atoms with Crippen molar-refractivity contribution in [2.24, 2.45) is 11.8 Å². The van der Waals surface area contributed by atoms with Gasteiger partial charge in [0.25, 0.3) is 0 Å². The summed E-state index contributed by atoms with van der Waals surface area (Å²) in [4.78, 5) is 31.1. The highest BCUT2D eigenvalue weighted by atomic mass is 32.2. The lowest BCUT2D eigenvalue weighted by molar-refractivity contribution is -0.134. The first-order valence-corrected chi connectivity index (χ1v) is 10.1. The minimum atomic E-state index is -0.0167. The second kappa shape index (κ2) is 7.21. The van der Waals surface area contributed by atoms with Crippen LogP contribution in [0.2, 0.25) is 0 Å². The zero-order valence-electron chi connectivity index (χ0n) is 13.6. The average Bonchev–Trinajstić information content (AvgIpc) is 3.15. The molecular weight excluding hydrogens is 330 g/mol. The molecular formula is C16H23N3O2S2. The summed E-state index contributed by atoms with van der Waals surface area (Å²) < 4.78 is 0. The Labute approximate surface area is 145 Å². The van der Waals surface area contributed by atoms with E-state index in [-0.39, 0.29) is 23.0 Å². The van der Waals surface area contributed by atoms with Crippen molar-refractivity contribution in [3.05, 3.63) is 11.1 Å². The molecule has 1 aromatic heterocycles. The lowest BCUT2D eigenvalue weighted by Crippen LogP contribution is -2.45. The average molecular weight is 354 g/mol. The molecule has 0 spiro atoms. The summed E-state index contributed by atoms with van der Waals surface area (Å²) >= 11 is 3.24. The predicted molar refractivity (Wildman–Crippen MR) is 94.8 cm³/mol. The molecule has 1 N–H and O–H groups in total. The molecule has 0 saturated carbocycles. The van der Waals surface area contributed by atoms with Gasteiger partial charge in [0.2, 0.25) is 11.8 Å². The van der Waals surface area contributed by atoms with Crippen molar-refractivity contribution in [2.75, 3.05) is 24.2 Å². The number of thioether (sulfide) groups is 1. The zero-order valence-corrected chi connectivity index (χ0v) is 15.2. The smallest absolute Gasteiger partial charge is 0.235 e. The second-order valence-electron chi connectivity index (χ2n) is 6.44. The number of rotatable bonds is 3. The van der Waals surface area contributed by atoms with Crippen molar-refractivity contribution >= 4 is 40.0 Å². The molecule has 0 bridgehead atoms. The lowest BCUT2D eigenvalue weighted by atomic mass is 9.95. The Morgan fingerprint density at radius 1 is 1.30 bits per heavy atom. The van der Waals surface area contributed by atoms with Crippen molar-refractivity contribution in [3.8, 4) is 0 Å². The summed E-state index contributed by atoms with van der Waals surface area (Å²) in [5.74, 6) is 1.85. The van der Waals surface area contributed by atoms with Crippen LogP contribution in [0.4, 0.5) is 5.13 Å². The summed E-state index contributed by atoms with van der Waals surface area (Å²) in [6, 6.07) is 0. The van der Waals surface area contributed by atoms with Gasteiger partial charge in [0.1, 0.15) is 0 Å². The Kier molecular flexibility index (Phi) is 5.26. The maximum Gasteiger partial charge on any atom is 0.235 e. The van der Waals surface area contributed by atoms with Crippen LogP contribution in [0.25, 0.3) is 0 Å². The van der Waals surface area contributed by atoms with Gasteiger partial charge in [-0.3, -0.25) is 9.59 Å². The van der Waals surface area contributed by atoms with Crippen LogP contribution < -0.4 is 5.32 Å². The fourth-order valence-electron chi connectivity index (χ4n) is 3.17. The van der Waals surface area contributed by atoms with E-state index in [1.165, 1.54) is 11.3 Å². The maximum atomic E-state index is 12.6. The van der Waals surface area contributed by atoms with Gasteiger partial charge in [0.05, 0.1) is 10.9 Å². The molecule has 5 nitrogen and oxygen atoms in total. The van der Waals surface area contributed by atoms with E-state index in [9.17, 15) is 9.59 Å². The van der Waals surface area contributed by atoms with Crippen molar-refractivity contribution in [1.82, 2.24) is 9.88 Å². The standard InChI is InChI=1S/C16H23N3O2S2/c1-10-5-8-22-13(10)15(21)19-6-3-12(4-7-19)14(20)18-16-17-11(2)9-23-16/h9-10,12-13H,3-8H2,1-2H3,(H,17,18,20). The molecule has 2 unspecified atom stereocenters. The molecule has 3 heterocycles. The van der Waals surface area contributed by atoms with E-state index in [0.717, 1.165) is 30.7 Å². The Balaban J connectivity index is 1.50. The first kappa shape index (κ1) is 16.8. The molecule has 2 aliphatic heterocycles. The molecule has 2 saturated heterocycles. The van der Waals surface area contributed by atoms with Gasteiger partial charge in [0, 0.05) is 24.4 Å². The van der Waals surface area contributed by atoms with Crippen LogP contribution in [-0.2, 0) is 9.59 Å². The van der Waals surface area contributed by atoms with Crippen LogP contribution >= 0.6 is 23.1 Å². The fraction of sp³-hybridized carbons (Fsp3) is 0.688. The van der Waals surface area contributed by atoms with E-state index in [4.69, 9.17) is 0 Å². The molecule has 2 fully saturated rings. The number of aromatic nitrogens is 1. The number of nitrogens with zero attached hydrogens (tertiary/aromatic N) is 2. The number of piperidine rings is 1. The number of likely N-dealkylation sites (tertiary alicyclic amines) is 1. The highest BCUT2D eigenvalue weighted by molar-refractivity contribution is 8.00. The third-order valence-corrected chi connectivity index (χ3v) is 7.03. The second-order valence-corrected chi connectivity index (χ2v) is 8.55. The fourth-order valence-corrected chi connectivity index (χ4v) is 5.38. The summed E-state index contributed by atoms with van der Waals surface area (Å²) in [6.45, 7) is 5.46. The number of nitrogens with one attached hydrogen (secondary N) is 1. The summed E-state index contributed by atoms with van der Waals surface area (Å²) in [5.41, 5.74) is 0.925. The molecule has 3 rings (SSSR count). The Bertz CT molecular complexity index is 582. The predicted octanol–water partition coefficient (Wildman–Crippen LogP) is 2.77. The molecule has 0 aliphatic carbocycles. The van der Waals surface area contributed by atoms with Crippen LogP contribution in [0.1, 0.15) is 31.9 Å². The number of thiazole rings is 1. The molecule has 0 radical (unpaired) electrons. The van der Waals surface area contributed by atoms with Crippen LogP contribution in [0.3, 0.4) is 0 Å². The van der Waals surface area contributed by atoms with E-state index >= 15 is 0 Å². The SMILES string of the molecule is Cc1csc(NC(=O)C2CCN(C(=O)C3SCCC3C)CC2)n1. The summed E-state index contributed by atoms with van der Waals surface area (Å²) in [5, 5.41) is 5.62. The zero-order chi connectivity index (χ0) is 16.4. The highest BCUT2D eigenvalue weighted by Crippen LogP contribution is 2.34. The number of hydrogen-bond donors (Lipinski definition) is 1. The number of carbonyl (C=O) groups excluding carboxylic acids is 2. The van der Waals surface area contributed by atoms with E-state index in [1.807, 2.05) is 17.2 Å². The van der Waals surface area contributed by atoms with Crippen LogP contribution in [0.5, 0.6) is 0 Å². The highest BCUT2D eigenvalue weighted by Gasteiger charge is 2.36. The van der Waals surface area contributed by atoms with Gasteiger partial charge >= 0.3 is 0 Å². The van der Waals surface area contributed by atoms with Gasteiger partial charge in [-0.15, -0.1) is 23.1 Å². The van der Waals surface area contributed by atoms with E-state index < -0.39 is 0 Å². The van der Waals surface area contributed by atoms with Crippen LogP contribution in [0.15, 0.2) is 5.38 Å². The van der Waals surface area contributed by atoms with Crippen molar-refractivity contribution in [1.29, 1.82) is 0 Å². The quantitative estimate of drug-likeness (QED) is 0.908. The van der Waals surface area contributed by atoms with Gasteiger partial charge in [-0.1, -0.05) is 6.92 Å². The normalized spacial score (nSPS) is 25.6. The number of anilines is 1. The number of hydrogen-bond acceptors (Lipinski definition) is 5.